The van der Waals surface area contributed by atoms with Gasteiger partial charge in [0.05, 0.1) is 10.7 Å². The van der Waals surface area contributed by atoms with Crippen molar-refractivity contribution in [3.63, 3.8) is 0 Å². The molecule has 1 heterocycles. The van der Waals surface area contributed by atoms with Crippen molar-refractivity contribution >= 4 is 29.0 Å². The van der Waals surface area contributed by atoms with E-state index >= 15 is 0 Å². The van der Waals surface area contributed by atoms with Gasteiger partial charge in [0.15, 0.2) is 0 Å². The van der Waals surface area contributed by atoms with Gasteiger partial charge in [-0.2, -0.15) is 0 Å². The van der Waals surface area contributed by atoms with Crippen molar-refractivity contribution in [2.45, 2.75) is 34.1 Å². The van der Waals surface area contributed by atoms with Gasteiger partial charge in [-0.1, -0.05) is 31.5 Å². The molecule has 0 bridgehead atoms. The molecule has 0 aliphatic heterocycles. The molecule has 5 nitrogen and oxygen atoms in total. The molecule has 2 aromatic rings. The van der Waals surface area contributed by atoms with Crippen LogP contribution in [0.5, 0.6) is 0 Å². The second kappa shape index (κ2) is 8.11. The number of benzene rings is 1. The zero-order valence-electron chi connectivity index (χ0n) is 14.5. The highest BCUT2D eigenvalue weighted by molar-refractivity contribution is 6.33. The number of nitrogens with one attached hydrogen (secondary N) is 2. The van der Waals surface area contributed by atoms with Gasteiger partial charge in [-0.25, -0.2) is 9.97 Å². The molecular formula is C18H23ClN4O. The number of halogens is 1. The van der Waals surface area contributed by atoms with Gasteiger partial charge in [0, 0.05) is 12.6 Å². The second-order valence-electron chi connectivity index (χ2n) is 6.29. The SMILES string of the molecule is Cc1cc(C)c(Nc2cc(C(=O)NCCC(C)C)ncn2)c(Cl)c1. The maximum Gasteiger partial charge on any atom is 0.270 e. The van der Waals surface area contributed by atoms with Crippen molar-refractivity contribution in [3.05, 3.63) is 46.4 Å². The first-order valence-electron chi connectivity index (χ1n) is 8.01. The van der Waals surface area contributed by atoms with E-state index < -0.39 is 0 Å². The molecule has 0 spiro atoms. The smallest absolute Gasteiger partial charge is 0.270 e. The third-order valence-electron chi connectivity index (χ3n) is 3.59. The molecule has 0 radical (unpaired) electrons. The van der Waals surface area contributed by atoms with Crippen molar-refractivity contribution in [2.75, 3.05) is 11.9 Å². The Balaban J connectivity index is 2.12. The van der Waals surface area contributed by atoms with E-state index in [4.69, 9.17) is 11.6 Å². The van der Waals surface area contributed by atoms with Crippen LogP contribution in [0.25, 0.3) is 0 Å². The largest absolute Gasteiger partial charge is 0.351 e. The summed E-state index contributed by atoms with van der Waals surface area (Å²) in [5, 5.41) is 6.66. The average Bonchev–Trinajstić information content (AvgIpc) is 2.50. The Hall–Kier alpha value is -2.14. The fraction of sp³-hybridized carbons (Fsp3) is 0.389. The van der Waals surface area contributed by atoms with Crippen LogP contribution in [0, 0.1) is 19.8 Å². The minimum atomic E-state index is -0.201. The summed E-state index contributed by atoms with van der Waals surface area (Å²) in [5.74, 6) is 0.875. The minimum Gasteiger partial charge on any atom is -0.351 e. The molecule has 0 fully saturated rings. The topological polar surface area (TPSA) is 66.9 Å². The number of hydrogen-bond donors (Lipinski definition) is 2. The molecule has 6 heteroatoms. The predicted molar refractivity (Wildman–Crippen MR) is 98.0 cm³/mol. The maximum absolute atomic E-state index is 12.2. The number of carbonyl (C=O) groups excluding carboxylic acids is 1. The number of aryl methyl sites for hydroxylation is 2. The van der Waals surface area contributed by atoms with Crippen molar-refractivity contribution in [1.82, 2.24) is 15.3 Å². The van der Waals surface area contributed by atoms with Crippen molar-refractivity contribution in [1.29, 1.82) is 0 Å². The lowest BCUT2D eigenvalue weighted by molar-refractivity contribution is 0.0947. The van der Waals surface area contributed by atoms with Crippen molar-refractivity contribution in [3.8, 4) is 0 Å². The summed E-state index contributed by atoms with van der Waals surface area (Å²) in [6.07, 6.45) is 2.30. The van der Waals surface area contributed by atoms with Gasteiger partial charge in [-0.05, 0) is 43.4 Å². The van der Waals surface area contributed by atoms with Crippen molar-refractivity contribution < 1.29 is 4.79 Å². The van der Waals surface area contributed by atoms with Gasteiger partial charge in [0.1, 0.15) is 17.8 Å². The molecule has 0 unspecified atom stereocenters. The first kappa shape index (κ1) is 18.2. The highest BCUT2D eigenvalue weighted by atomic mass is 35.5. The van der Waals surface area contributed by atoms with Crippen LogP contribution >= 0.6 is 11.6 Å². The number of amides is 1. The fourth-order valence-corrected chi connectivity index (χ4v) is 2.69. The summed E-state index contributed by atoms with van der Waals surface area (Å²) in [7, 11) is 0. The van der Waals surface area contributed by atoms with Gasteiger partial charge in [-0.3, -0.25) is 4.79 Å². The molecule has 0 saturated carbocycles. The highest BCUT2D eigenvalue weighted by Gasteiger charge is 2.11. The third kappa shape index (κ3) is 4.93. The molecule has 1 aromatic carbocycles. The summed E-state index contributed by atoms with van der Waals surface area (Å²) >= 11 is 6.30. The van der Waals surface area contributed by atoms with E-state index in [-0.39, 0.29) is 5.91 Å². The number of rotatable bonds is 6. The van der Waals surface area contributed by atoms with E-state index in [0.717, 1.165) is 23.2 Å². The molecular weight excluding hydrogens is 324 g/mol. The molecule has 0 saturated heterocycles. The Morgan fingerprint density at radius 1 is 1.21 bits per heavy atom. The van der Waals surface area contributed by atoms with Crippen LogP contribution in [0.3, 0.4) is 0 Å². The second-order valence-corrected chi connectivity index (χ2v) is 6.70. The standard InChI is InChI=1S/C18H23ClN4O/c1-11(2)5-6-20-18(24)15-9-16(22-10-21-15)23-17-13(4)7-12(3)8-14(17)19/h7-11H,5-6H2,1-4H3,(H,20,24)(H,21,22,23). The number of hydrogen-bond acceptors (Lipinski definition) is 4. The van der Waals surface area contributed by atoms with Gasteiger partial charge in [0.25, 0.3) is 5.91 Å². The van der Waals surface area contributed by atoms with E-state index in [1.807, 2.05) is 26.0 Å². The van der Waals surface area contributed by atoms with E-state index in [0.29, 0.717) is 29.0 Å². The normalized spacial score (nSPS) is 10.8. The number of nitrogens with zero attached hydrogens (tertiary/aromatic N) is 2. The summed E-state index contributed by atoms with van der Waals surface area (Å²) < 4.78 is 0. The van der Waals surface area contributed by atoms with E-state index in [1.165, 1.54) is 6.33 Å². The lowest BCUT2D eigenvalue weighted by Gasteiger charge is -2.12. The Morgan fingerprint density at radius 3 is 2.62 bits per heavy atom. The Bertz CT molecular complexity index is 708. The fourth-order valence-electron chi connectivity index (χ4n) is 2.32. The summed E-state index contributed by atoms with van der Waals surface area (Å²) in [4.78, 5) is 20.4. The summed E-state index contributed by atoms with van der Waals surface area (Å²) in [5.41, 5.74) is 3.22. The van der Waals surface area contributed by atoms with Crippen LogP contribution in [0.1, 0.15) is 41.9 Å². The Labute approximate surface area is 147 Å². The van der Waals surface area contributed by atoms with Crippen LogP contribution in [-0.4, -0.2) is 22.4 Å². The number of anilines is 2. The minimum absolute atomic E-state index is 0.201. The molecule has 2 rings (SSSR count). The maximum atomic E-state index is 12.2. The summed E-state index contributed by atoms with van der Waals surface area (Å²) in [6, 6.07) is 5.55. The molecule has 1 amide bonds. The molecule has 0 aliphatic rings. The molecule has 2 N–H and O–H groups in total. The Kier molecular flexibility index (Phi) is 6.15. The quantitative estimate of drug-likeness (QED) is 0.819. The zero-order chi connectivity index (χ0) is 17.7. The monoisotopic (exact) mass is 346 g/mol. The molecule has 1 aromatic heterocycles. The van der Waals surface area contributed by atoms with Crippen LogP contribution in [0.2, 0.25) is 5.02 Å². The lowest BCUT2D eigenvalue weighted by atomic mass is 10.1. The van der Waals surface area contributed by atoms with Crippen molar-refractivity contribution in [2.24, 2.45) is 5.92 Å². The van der Waals surface area contributed by atoms with Gasteiger partial charge < -0.3 is 10.6 Å². The van der Waals surface area contributed by atoms with Crippen LogP contribution in [0.4, 0.5) is 11.5 Å². The Morgan fingerprint density at radius 2 is 1.96 bits per heavy atom. The number of aromatic nitrogens is 2. The predicted octanol–water partition coefficient (Wildman–Crippen LogP) is 4.27. The molecule has 24 heavy (non-hydrogen) atoms. The molecule has 128 valence electrons. The van der Waals surface area contributed by atoms with Gasteiger partial charge in [-0.15, -0.1) is 0 Å². The first-order valence-corrected chi connectivity index (χ1v) is 8.38. The van der Waals surface area contributed by atoms with Crippen LogP contribution in [-0.2, 0) is 0 Å². The third-order valence-corrected chi connectivity index (χ3v) is 3.89. The highest BCUT2D eigenvalue weighted by Crippen LogP contribution is 2.29. The van der Waals surface area contributed by atoms with E-state index in [1.54, 1.807) is 6.07 Å². The van der Waals surface area contributed by atoms with Gasteiger partial charge in [0.2, 0.25) is 0 Å². The summed E-state index contributed by atoms with van der Waals surface area (Å²) in [6.45, 7) is 8.83. The van der Waals surface area contributed by atoms with E-state index in [2.05, 4.69) is 34.4 Å². The zero-order valence-corrected chi connectivity index (χ0v) is 15.2. The first-order chi connectivity index (χ1) is 11.4. The van der Waals surface area contributed by atoms with Crippen LogP contribution in [0.15, 0.2) is 24.5 Å². The van der Waals surface area contributed by atoms with E-state index in [9.17, 15) is 4.79 Å². The number of carbonyl (C=O) groups is 1. The van der Waals surface area contributed by atoms with Gasteiger partial charge >= 0.3 is 0 Å². The molecule has 0 aliphatic carbocycles. The molecule has 0 atom stereocenters. The average molecular weight is 347 g/mol. The van der Waals surface area contributed by atoms with Crippen LogP contribution < -0.4 is 10.6 Å². The lowest BCUT2D eigenvalue weighted by Crippen LogP contribution is -2.26.